The van der Waals surface area contributed by atoms with Crippen LogP contribution in [0.15, 0.2) is 12.3 Å². The van der Waals surface area contributed by atoms with E-state index in [1.807, 2.05) is 13.8 Å². The molecule has 1 aromatic rings. The number of aryl methyl sites for hydroxylation is 1. The second-order valence-corrected chi connectivity index (χ2v) is 3.58. The van der Waals surface area contributed by atoms with E-state index < -0.39 is 6.36 Å². The Bertz CT molecular complexity index is 347. The molecular weight excluding hydrogens is 207 g/mol. The maximum atomic E-state index is 11.9. The van der Waals surface area contributed by atoms with Crippen molar-refractivity contribution in [1.29, 1.82) is 0 Å². The first-order chi connectivity index (χ1) is 6.79. The van der Waals surface area contributed by atoms with E-state index in [0.717, 1.165) is 11.9 Å². The summed E-state index contributed by atoms with van der Waals surface area (Å²) in [6.45, 7) is 5.41. The Balaban J connectivity index is 2.94. The molecule has 0 saturated carbocycles. The highest BCUT2D eigenvalue weighted by Crippen LogP contribution is 2.26. The predicted octanol–water partition coefficient (Wildman–Crippen LogP) is 3.41. The highest BCUT2D eigenvalue weighted by molar-refractivity contribution is 5.32. The maximum Gasteiger partial charge on any atom is 0.573 e. The minimum absolute atomic E-state index is 0.184. The summed E-state index contributed by atoms with van der Waals surface area (Å²) >= 11 is 0. The van der Waals surface area contributed by atoms with Gasteiger partial charge in [0.05, 0.1) is 6.20 Å². The Labute approximate surface area is 86.1 Å². The van der Waals surface area contributed by atoms with Gasteiger partial charge in [0.15, 0.2) is 5.75 Å². The second kappa shape index (κ2) is 4.08. The molecule has 0 aliphatic carbocycles. The van der Waals surface area contributed by atoms with Gasteiger partial charge in [-0.15, -0.1) is 13.2 Å². The number of hydrogen-bond donors (Lipinski definition) is 0. The summed E-state index contributed by atoms with van der Waals surface area (Å²) < 4.78 is 39.6. The lowest BCUT2D eigenvalue weighted by Gasteiger charge is -2.12. The van der Waals surface area contributed by atoms with Crippen LogP contribution < -0.4 is 4.74 Å². The number of hydrogen-bond acceptors (Lipinski definition) is 2. The third-order valence-electron chi connectivity index (χ3n) is 1.90. The van der Waals surface area contributed by atoms with E-state index >= 15 is 0 Å². The van der Waals surface area contributed by atoms with Crippen LogP contribution in [0.25, 0.3) is 0 Å². The molecule has 0 unspecified atom stereocenters. The average Bonchev–Trinajstić information content (AvgIpc) is 2.05. The van der Waals surface area contributed by atoms with Crippen LogP contribution in [-0.2, 0) is 0 Å². The summed E-state index contributed by atoms with van der Waals surface area (Å²) in [6.07, 6.45) is -3.55. The molecule has 0 aliphatic heterocycles. The third kappa shape index (κ3) is 3.42. The van der Waals surface area contributed by atoms with Crippen LogP contribution in [0, 0.1) is 6.92 Å². The van der Waals surface area contributed by atoms with Gasteiger partial charge in [-0.3, -0.25) is 4.98 Å². The predicted molar refractivity (Wildman–Crippen MR) is 49.7 cm³/mol. The molecule has 1 aromatic heterocycles. The van der Waals surface area contributed by atoms with Crippen molar-refractivity contribution >= 4 is 0 Å². The lowest BCUT2D eigenvalue weighted by atomic mass is 10.1. The van der Waals surface area contributed by atoms with Gasteiger partial charge < -0.3 is 4.74 Å². The molecule has 0 N–H and O–H groups in total. The molecule has 0 aliphatic rings. The van der Waals surface area contributed by atoms with E-state index in [1.54, 1.807) is 13.0 Å². The quantitative estimate of drug-likeness (QED) is 0.760. The molecule has 1 rings (SSSR count). The van der Waals surface area contributed by atoms with Crippen molar-refractivity contribution in [1.82, 2.24) is 4.98 Å². The first-order valence-corrected chi connectivity index (χ1v) is 4.52. The molecule has 0 amide bonds. The monoisotopic (exact) mass is 219 g/mol. The summed E-state index contributed by atoms with van der Waals surface area (Å²) in [5.74, 6) is -0.0597. The minimum atomic E-state index is -4.66. The van der Waals surface area contributed by atoms with Crippen molar-refractivity contribution in [2.45, 2.75) is 33.1 Å². The van der Waals surface area contributed by atoms with Crippen LogP contribution in [-0.4, -0.2) is 11.3 Å². The van der Waals surface area contributed by atoms with Crippen LogP contribution in [0.3, 0.4) is 0 Å². The smallest absolute Gasteiger partial charge is 0.404 e. The van der Waals surface area contributed by atoms with Gasteiger partial charge >= 0.3 is 6.36 Å². The van der Waals surface area contributed by atoms with Gasteiger partial charge in [-0.05, 0) is 24.5 Å². The topological polar surface area (TPSA) is 22.1 Å². The molecular formula is C10H12F3NO. The molecule has 0 aromatic carbocycles. The van der Waals surface area contributed by atoms with Gasteiger partial charge in [0.2, 0.25) is 0 Å². The van der Waals surface area contributed by atoms with Crippen molar-refractivity contribution in [3.05, 3.63) is 23.5 Å². The first kappa shape index (κ1) is 11.8. The Hall–Kier alpha value is -1.26. The summed E-state index contributed by atoms with van der Waals surface area (Å²) in [6, 6.07) is 1.60. The fourth-order valence-electron chi connectivity index (χ4n) is 1.11. The number of nitrogens with zero attached hydrogens (tertiary/aromatic N) is 1. The summed E-state index contributed by atoms with van der Waals surface area (Å²) in [4.78, 5) is 3.90. The summed E-state index contributed by atoms with van der Waals surface area (Å²) in [7, 11) is 0. The van der Waals surface area contributed by atoms with Crippen molar-refractivity contribution in [3.8, 4) is 5.75 Å². The third-order valence-corrected chi connectivity index (χ3v) is 1.90. The molecule has 15 heavy (non-hydrogen) atoms. The molecule has 84 valence electrons. The molecule has 2 nitrogen and oxygen atoms in total. The largest absolute Gasteiger partial charge is 0.573 e. The zero-order valence-corrected chi connectivity index (χ0v) is 8.72. The Morgan fingerprint density at radius 2 is 1.93 bits per heavy atom. The number of pyridine rings is 1. The maximum absolute atomic E-state index is 11.9. The SMILES string of the molecule is Cc1cc(C(C)C)ncc1OC(F)(F)F. The van der Waals surface area contributed by atoms with E-state index in [-0.39, 0.29) is 11.7 Å². The van der Waals surface area contributed by atoms with Crippen molar-refractivity contribution in [3.63, 3.8) is 0 Å². The van der Waals surface area contributed by atoms with Gasteiger partial charge in [0.25, 0.3) is 0 Å². The molecule has 1 heterocycles. The summed E-state index contributed by atoms with van der Waals surface area (Å²) in [5, 5.41) is 0. The fourth-order valence-corrected chi connectivity index (χ4v) is 1.11. The first-order valence-electron chi connectivity index (χ1n) is 4.52. The normalized spacial score (nSPS) is 11.9. The van der Waals surface area contributed by atoms with Crippen LogP contribution in [0.2, 0.25) is 0 Å². The fraction of sp³-hybridized carbons (Fsp3) is 0.500. The van der Waals surface area contributed by atoms with Crippen LogP contribution in [0.5, 0.6) is 5.75 Å². The standard InChI is InChI=1S/C10H12F3NO/c1-6(2)8-4-7(3)9(5-14-8)15-10(11,12)13/h4-6H,1-3H3. The van der Waals surface area contributed by atoms with Crippen LogP contribution >= 0.6 is 0 Å². The number of alkyl halides is 3. The zero-order chi connectivity index (χ0) is 11.6. The number of ether oxygens (including phenoxy) is 1. The van der Waals surface area contributed by atoms with Gasteiger partial charge in [-0.25, -0.2) is 0 Å². The molecule has 0 fully saturated rings. The second-order valence-electron chi connectivity index (χ2n) is 3.58. The number of rotatable bonds is 2. The zero-order valence-electron chi connectivity index (χ0n) is 8.72. The van der Waals surface area contributed by atoms with Crippen molar-refractivity contribution in [2.75, 3.05) is 0 Å². The lowest BCUT2D eigenvalue weighted by Crippen LogP contribution is -2.18. The van der Waals surface area contributed by atoms with Crippen molar-refractivity contribution in [2.24, 2.45) is 0 Å². The molecule has 0 atom stereocenters. The summed E-state index contributed by atoms with van der Waals surface area (Å²) in [5.41, 5.74) is 1.19. The average molecular weight is 219 g/mol. The molecule has 0 bridgehead atoms. The van der Waals surface area contributed by atoms with Crippen LogP contribution in [0.4, 0.5) is 13.2 Å². The lowest BCUT2D eigenvalue weighted by molar-refractivity contribution is -0.275. The van der Waals surface area contributed by atoms with Gasteiger partial charge in [0, 0.05) is 5.69 Å². The molecule has 0 saturated heterocycles. The molecule has 0 radical (unpaired) electrons. The molecule has 0 spiro atoms. The van der Waals surface area contributed by atoms with Gasteiger partial charge in [-0.1, -0.05) is 13.8 Å². The van der Waals surface area contributed by atoms with E-state index in [1.165, 1.54) is 0 Å². The Kier molecular flexibility index (Phi) is 3.21. The minimum Gasteiger partial charge on any atom is -0.404 e. The van der Waals surface area contributed by atoms with E-state index in [4.69, 9.17) is 0 Å². The van der Waals surface area contributed by atoms with Gasteiger partial charge in [-0.2, -0.15) is 0 Å². The van der Waals surface area contributed by atoms with Crippen molar-refractivity contribution < 1.29 is 17.9 Å². The van der Waals surface area contributed by atoms with Crippen LogP contribution in [0.1, 0.15) is 31.0 Å². The molecule has 5 heteroatoms. The number of aromatic nitrogens is 1. The van der Waals surface area contributed by atoms with E-state index in [9.17, 15) is 13.2 Å². The highest BCUT2D eigenvalue weighted by Gasteiger charge is 2.31. The number of halogens is 3. The van der Waals surface area contributed by atoms with E-state index in [2.05, 4.69) is 9.72 Å². The van der Waals surface area contributed by atoms with Gasteiger partial charge in [0.1, 0.15) is 0 Å². The Morgan fingerprint density at radius 3 is 2.33 bits per heavy atom. The Morgan fingerprint density at radius 1 is 1.33 bits per heavy atom. The van der Waals surface area contributed by atoms with E-state index in [0.29, 0.717) is 5.56 Å². The highest BCUT2D eigenvalue weighted by atomic mass is 19.4.